The SMILES string of the molecule is CCc1ccc2oc(-c3ccco3)c(OCc3ccc([N+](=O)[O-])cc3)c(=O)c2c1. The molecule has 0 radical (unpaired) electrons. The molecule has 7 heteroatoms. The molecule has 0 amide bonds. The molecule has 0 bridgehead atoms. The van der Waals surface area contributed by atoms with E-state index in [0.717, 1.165) is 12.0 Å². The topological polar surface area (TPSA) is 95.7 Å². The number of fused-ring (bicyclic) bond motifs is 1. The van der Waals surface area contributed by atoms with Crippen molar-refractivity contribution < 1.29 is 18.5 Å². The molecule has 4 rings (SSSR count). The Bertz CT molecular complexity index is 1220. The van der Waals surface area contributed by atoms with Crippen molar-refractivity contribution >= 4 is 16.7 Å². The zero-order valence-electron chi connectivity index (χ0n) is 15.6. The van der Waals surface area contributed by atoms with Crippen LogP contribution in [-0.4, -0.2) is 4.92 Å². The van der Waals surface area contributed by atoms with E-state index in [-0.39, 0.29) is 29.2 Å². The molecule has 2 heterocycles. The molecular weight excluding hydrogens is 374 g/mol. The van der Waals surface area contributed by atoms with E-state index in [1.807, 2.05) is 13.0 Å². The van der Waals surface area contributed by atoms with Crippen LogP contribution in [0.2, 0.25) is 0 Å². The summed E-state index contributed by atoms with van der Waals surface area (Å²) in [7, 11) is 0. The minimum absolute atomic E-state index is 0.0117. The maximum Gasteiger partial charge on any atom is 0.269 e. The molecule has 0 aliphatic carbocycles. The lowest BCUT2D eigenvalue weighted by Crippen LogP contribution is -2.10. The molecule has 2 aromatic carbocycles. The molecule has 0 spiro atoms. The first kappa shape index (κ1) is 18.5. The highest BCUT2D eigenvalue weighted by Gasteiger charge is 2.20. The minimum Gasteiger partial charge on any atom is -0.481 e. The van der Waals surface area contributed by atoms with Crippen molar-refractivity contribution in [1.29, 1.82) is 0 Å². The second-order valence-electron chi connectivity index (χ2n) is 6.46. The summed E-state index contributed by atoms with van der Waals surface area (Å²) in [6.45, 7) is 2.06. The van der Waals surface area contributed by atoms with Crippen molar-refractivity contribution in [1.82, 2.24) is 0 Å². The lowest BCUT2D eigenvalue weighted by atomic mass is 10.1. The van der Waals surface area contributed by atoms with Gasteiger partial charge in [0.15, 0.2) is 5.76 Å². The first-order valence-corrected chi connectivity index (χ1v) is 9.06. The quantitative estimate of drug-likeness (QED) is 0.335. The summed E-state index contributed by atoms with van der Waals surface area (Å²) < 4.78 is 17.2. The Labute approximate surface area is 165 Å². The van der Waals surface area contributed by atoms with Crippen molar-refractivity contribution in [2.75, 3.05) is 0 Å². The highest BCUT2D eigenvalue weighted by atomic mass is 16.6. The first-order chi connectivity index (χ1) is 14.1. The lowest BCUT2D eigenvalue weighted by Gasteiger charge is -2.11. The van der Waals surface area contributed by atoms with Gasteiger partial charge in [-0.05, 0) is 53.9 Å². The number of benzene rings is 2. The second kappa shape index (κ2) is 7.63. The minimum atomic E-state index is -0.469. The molecule has 4 aromatic rings. The summed E-state index contributed by atoms with van der Waals surface area (Å²) in [5.41, 5.74) is 1.83. The van der Waals surface area contributed by atoms with E-state index < -0.39 is 4.92 Å². The number of furan rings is 1. The normalized spacial score (nSPS) is 10.9. The molecule has 0 saturated heterocycles. The largest absolute Gasteiger partial charge is 0.481 e. The van der Waals surface area contributed by atoms with Crippen molar-refractivity contribution in [3.8, 4) is 17.3 Å². The summed E-state index contributed by atoms with van der Waals surface area (Å²) >= 11 is 0. The van der Waals surface area contributed by atoms with Gasteiger partial charge in [-0.15, -0.1) is 0 Å². The summed E-state index contributed by atoms with van der Waals surface area (Å²) in [4.78, 5) is 23.5. The van der Waals surface area contributed by atoms with Crippen LogP contribution in [0.15, 0.2) is 74.5 Å². The van der Waals surface area contributed by atoms with Gasteiger partial charge in [0.1, 0.15) is 12.2 Å². The van der Waals surface area contributed by atoms with E-state index in [1.165, 1.54) is 18.4 Å². The molecule has 0 unspecified atom stereocenters. The van der Waals surface area contributed by atoms with Crippen molar-refractivity contribution in [3.05, 3.63) is 92.3 Å². The van der Waals surface area contributed by atoms with E-state index in [9.17, 15) is 14.9 Å². The third-order valence-electron chi connectivity index (χ3n) is 4.60. The number of nitro groups is 1. The number of nitrogens with zero attached hydrogens (tertiary/aromatic N) is 1. The van der Waals surface area contributed by atoms with Gasteiger partial charge in [0.05, 0.1) is 16.6 Å². The van der Waals surface area contributed by atoms with E-state index in [0.29, 0.717) is 22.3 Å². The van der Waals surface area contributed by atoms with Gasteiger partial charge in [0, 0.05) is 12.1 Å². The Kier molecular flexibility index (Phi) is 4.87. The van der Waals surface area contributed by atoms with E-state index in [2.05, 4.69) is 0 Å². The molecule has 0 N–H and O–H groups in total. The lowest BCUT2D eigenvalue weighted by molar-refractivity contribution is -0.384. The molecule has 0 aliphatic heterocycles. The molecular formula is C22H17NO6. The molecule has 0 fully saturated rings. The Morgan fingerprint density at radius 2 is 1.83 bits per heavy atom. The highest BCUT2D eigenvalue weighted by molar-refractivity contribution is 5.81. The van der Waals surface area contributed by atoms with Gasteiger partial charge in [-0.2, -0.15) is 0 Å². The van der Waals surface area contributed by atoms with Crippen LogP contribution in [0.5, 0.6) is 5.75 Å². The molecule has 0 aliphatic rings. The van der Waals surface area contributed by atoms with Crippen molar-refractivity contribution in [2.45, 2.75) is 20.0 Å². The van der Waals surface area contributed by atoms with Gasteiger partial charge in [-0.3, -0.25) is 14.9 Å². The fraction of sp³-hybridized carbons (Fsp3) is 0.136. The summed E-state index contributed by atoms with van der Waals surface area (Å²) in [6, 6.07) is 14.8. The Morgan fingerprint density at radius 1 is 1.07 bits per heavy atom. The molecule has 7 nitrogen and oxygen atoms in total. The summed E-state index contributed by atoms with van der Waals surface area (Å²) in [5.74, 6) is 0.625. The number of hydrogen-bond donors (Lipinski definition) is 0. The van der Waals surface area contributed by atoms with Crippen molar-refractivity contribution in [2.24, 2.45) is 0 Å². The molecule has 146 valence electrons. The molecule has 0 atom stereocenters. The Hall–Kier alpha value is -3.87. The van der Waals surface area contributed by atoms with Crippen LogP contribution in [0.3, 0.4) is 0 Å². The standard InChI is InChI=1S/C22H17NO6/c1-2-14-7-10-18-17(12-14)20(24)22(21(29-18)19-4-3-11-27-19)28-13-15-5-8-16(9-6-15)23(25)26/h3-12H,2,13H2,1H3. The monoisotopic (exact) mass is 391 g/mol. The second-order valence-corrected chi connectivity index (χ2v) is 6.46. The smallest absolute Gasteiger partial charge is 0.269 e. The van der Waals surface area contributed by atoms with Crippen LogP contribution in [0.1, 0.15) is 18.1 Å². The third-order valence-corrected chi connectivity index (χ3v) is 4.60. The average molecular weight is 391 g/mol. The first-order valence-electron chi connectivity index (χ1n) is 9.06. The van der Waals surface area contributed by atoms with Crippen LogP contribution < -0.4 is 10.2 Å². The summed E-state index contributed by atoms with van der Waals surface area (Å²) in [6.07, 6.45) is 2.27. The zero-order valence-corrected chi connectivity index (χ0v) is 15.6. The van der Waals surface area contributed by atoms with E-state index in [4.69, 9.17) is 13.6 Å². The number of rotatable bonds is 6. The Morgan fingerprint density at radius 3 is 2.48 bits per heavy atom. The van der Waals surface area contributed by atoms with Gasteiger partial charge in [-0.1, -0.05) is 13.0 Å². The van der Waals surface area contributed by atoms with Gasteiger partial charge in [0.25, 0.3) is 5.69 Å². The number of aryl methyl sites for hydroxylation is 1. The maximum absolute atomic E-state index is 13.2. The number of non-ortho nitro benzene ring substituents is 1. The zero-order chi connectivity index (χ0) is 20.4. The number of ether oxygens (including phenoxy) is 1. The fourth-order valence-corrected chi connectivity index (χ4v) is 3.02. The van der Waals surface area contributed by atoms with Gasteiger partial charge in [-0.25, -0.2) is 0 Å². The Balaban J connectivity index is 1.76. The van der Waals surface area contributed by atoms with Crippen LogP contribution in [0.4, 0.5) is 5.69 Å². The number of nitro benzene ring substituents is 1. The summed E-state index contributed by atoms with van der Waals surface area (Å²) in [5, 5.41) is 11.2. The van der Waals surface area contributed by atoms with Gasteiger partial charge < -0.3 is 13.6 Å². The third kappa shape index (κ3) is 3.62. The number of hydrogen-bond acceptors (Lipinski definition) is 6. The van der Waals surface area contributed by atoms with Gasteiger partial charge in [0.2, 0.25) is 16.9 Å². The van der Waals surface area contributed by atoms with E-state index in [1.54, 1.807) is 36.4 Å². The van der Waals surface area contributed by atoms with Crippen LogP contribution in [-0.2, 0) is 13.0 Å². The van der Waals surface area contributed by atoms with Crippen LogP contribution in [0, 0.1) is 10.1 Å². The molecule has 29 heavy (non-hydrogen) atoms. The van der Waals surface area contributed by atoms with Gasteiger partial charge >= 0.3 is 0 Å². The van der Waals surface area contributed by atoms with E-state index >= 15 is 0 Å². The van der Waals surface area contributed by atoms with Crippen molar-refractivity contribution in [3.63, 3.8) is 0 Å². The van der Waals surface area contributed by atoms with Crippen LogP contribution >= 0.6 is 0 Å². The molecule has 2 aromatic heterocycles. The molecule has 0 saturated carbocycles. The van der Waals surface area contributed by atoms with Crippen LogP contribution in [0.25, 0.3) is 22.5 Å². The fourth-order valence-electron chi connectivity index (χ4n) is 3.02. The highest BCUT2D eigenvalue weighted by Crippen LogP contribution is 2.32. The predicted molar refractivity (Wildman–Crippen MR) is 107 cm³/mol. The average Bonchev–Trinajstić information content (AvgIpc) is 3.27. The maximum atomic E-state index is 13.2. The predicted octanol–water partition coefficient (Wildman–Crippen LogP) is 5.10.